The molecule has 0 aliphatic rings. The van der Waals surface area contributed by atoms with Gasteiger partial charge in [0.1, 0.15) is 0 Å². The highest BCUT2D eigenvalue weighted by molar-refractivity contribution is 4.96. The lowest BCUT2D eigenvalue weighted by atomic mass is 9.94. The summed E-state index contributed by atoms with van der Waals surface area (Å²) in [6, 6.07) is 0. The third-order valence-corrected chi connectivity index (χ3v) is 1.35. The van der Waals surface area contributed by atoms with Crippen LogP contribution in [-0.4, -0.2) is 10.7 Å². The van der Waals surface area contributed by atoms with Crippen molar-refractivity contribution in [2.75, 3.05) is 0 Å². The van der Waals surface area contributed by atoms with E-state index in [9.17, 15) is 5.11 Å². The number of rotatable bonds is 3. The van der Waals surface area contributed by atoms with Gasteiger partial charge in [-0.3, -0.25) is 0 Å². The molecule has 0 spiro atoms. The van der Waals surface area contributed by atoms with Crippen molar-refractivity contribution in [3.8, 4) is 0 Å². The van der Waals surface area contributed by atoms with Crippen LogP contribution in [0.1, 0.15) is 34.1 Å². The molecule has 0 heterocycles. The topological polar surface area (TPSA) is 20.2 Å². The summed E-state index contributed by atoms with van der Waals surface area (Å²) in [6.45, 7) is 7.98. The molecule has 1 N–H and O–H groups in total. The van der Waals surface area contributed by atoms with Gasteiger partial charge in [0.05, 0.1) is 5.60 Å². The molecule has 1 unspecified atom stereocenters. The van der Waals surface area contributed by atoms with Crippen molar-refractivity contribution in [3.63, 3.8) is 0 Å². The van der Waals surface area contributed by atoms with Crippen LogP contribution in [0.5, 0.6) is 0 Å². The predicted octanol–water partition coefficient (Wildman–Crippen LogP) is 2.36. The molecule has 1 atom stereocenters. The van der Waals surface area contributed by atoms with E-state index in [2.05, 4.69) is 13.8 Å². The van der Waals surface area contributed by atoms with E-state index in [0.29, 0.717) is 5.92 Å². The Balaban J connectivity index is 3.86. The maximum absolute atomic E-state index is 9.60. The van der Waals surface area contributed by atoms with Crippen LogP contribution in [0.4, 0.5) is 0 Å². The molecule has 0 saturated heterocycles. The minimum absolute atomic E-state index is 0.547. The maximum Gasteiger partial charge on any atom is 0.0802 e. The first-order valence-electron chi connectivity index (χ1n) is 3.84. The summed E-state index contributed by atoms with van der Waals surface area (Å²) in [5, 5.41) is 9.60. The van der Waals surface area contributed by atoms with Gasteiger partial charge in [0.15, 0.2) is 0 Å². The molecule has 0 rings (SSSR count). The zero-order valence-electron chi connectivity index (χ0n) is 7.39. The first kappa shape index (κ1) is 9.70. The molecule has 0 aromatic heterocycles. The van der Waals surface area contributed by atoms with Gasteiger partial charge in [-0.25, -0.2) is 0 Å². The van der Waals surface area contributed by atoms with E-state index < -0.39 is 5.60 Å². The molecule has 0 radical (unpaired) electrons. The van der Waals surface area contributed by atoms with Gasteiger partial charge in [0, 0.05) is 0 Å². The Morgan fingerprint density at radius 2 is 2.00 bits per heavy atom. The van der Waals surface area contributed by atoms with Crippen LogP contribution >= 0.6 is 0 Å². The summed E-state index contributed by atoms with van der Waals surface area (Å²) < 4.78 is 0. The van der Waals surface area contributed by atoms with Gasteiger partial charge >= 0.3 is 0 Å². The molecule has 0 aromatic rings. The third-order valence-electron chi connectivity index (χ3n) is 1.35. The van der Waals surface area contributed by atoms with Crippen molar-refractivity contribution in [1.29, 1.82) is 0 Å². The summed E-state index contributed by atoms with van der Waals surface area (Å²) in [5.74, 6) is 0.547. The van der Waals surface area contributed by atoms with E-state index >= 15 is 0 Å². The number of hydrogen-bond donors (Lipinski definition) is 1. The van der Waals surface area contributed by atoms with E-state index in [0.717, 1.165) is 6.42 Å². The molecule has 0 aliphatic heterocycles. The Labute approximate surface area is 63.8 Å². The van der Waals surface area contributed by atoms with E-state index in [1.54, 1.807) is 0 Å². The second-order valence-electron chi connectivity index (χ2n) is 3.46. The highest BCUT2D eigenvalue weighted by Gasteiger charge is 2.16. The Bertz CT molecular complexity index is 112. The summed E-state index contributed by atoms with van der Waals surface area (Å²) in [5.41, 5.74) is -0.608. The Morgan fingerprint density at radius 3 is 2.30 bits per heavy atom. The standard InChI is InChI=1S/C9H18O/c1-5-6-9(4,10)7-8(2)3/h5-6,8,10H,7H2,1-4H3/b6-5+. The van der Waals surface area contributed by atoms with Crippen LogP contribution in [0.15, 0.2) is 12.2 Å². The average molecular weight is 142 g/mol. The molecular formula is C9H18O. The smallest absolute Gasteiger partial charge is 0.0802 e. The number of allylic oxidation sites excluding steroid dienone is 1. The Morgan fingerprint density at radius 1 is 1.50 bits per heavy atom. The van der Waals surface area contributed by atoms with Crippen molar-refractivity contribution in [2.24, 2.45) is 5.92 Å². The van der Waals surface area contributed by atoms with Crippen molar-refractivity contribution < 1.29 is 5.11 Å². The average Bonchev–Trinajstić information content (AvgIpc) is 1.59. The highest BCUT2D eigenvalue weighted by atomic mass is 16.3. The predicted molar refractivity (Wildman–Crippen MR) is 44.9 cm³/mol. The molecule has 0 bridgehead atoms. The first-order chi connectivity index (χ1) is 4.48. The second kappa shape index (κ2) is 3.77. The van der Waals surface area contributed by atoms with Gasteiger partial charge in [-0.2, -0.15) is 0 Å². The minimum Gasteiger partial charge on any atom is -0.386 e. The number of aliphatic hydroxyl groups is 1. The number of hydrogen-bond acceptors (Lipinski definition) is 1. The molecule has 0 aromatic carbocycles. The first-order valence-corrected chi connectivity index (χ1v) is 3.84. The summed E-state index contributed by atoms with van der Waals surface area (Å²) in [7, 11) is 0. The molecule has 0 amide bonds. The molecular weight excluding hydrogens is 124 g/mol. The zero-order valence-corrected chi connectivity index (χ0v) is 7.39. The summed E-state index contributed by atoms with van der Waals surface area (Å²) in [4.78, 5) is 0. The van der Waals surface area contributed by atoms with Gasteiger partial charge in [0.25, 0.3) is 0 Å². The van der Waals surface area contributed by atoms with Crippen LogP contribution in [0, 0.1) is 5.92 Å². The fraction of sp³-hybridized carbons (Fsp3) is 0.778. The lowest BCUT2D eigenvalue weighted by molar-refractivity contribution is 0.0875. The van der Waals surface area contributed by atoms with E-state index in [1.807, 2.05) is 26.0 Å². The fourth-order valence-corrected chi connectivity index (χ4v) is 1.25. The van der Waals surface area contributed by atoms with Gasteiger partial charge < -0.3 is 5.11 Å². The normalized spacial score (nSPS) is 18.2. The monoisotopic (exact) mass is 142 g/mol. The van der Waals surface area contributed by atoms with Crippen molar-refractivity contribution in [3.05, 3.63) is 12.2 Å². The van der Waals surface area contributed by atoms with Gasteiger partial charge in [-0.1, -0.05) is 26.0 Å². The highest BCUT2D eigenvalue weighted by Crippen LogP contribution is 2.16. The largest absolute Gasteiger partial charge is 0.386 e. The van der Waals surface area contributed by atoms with Crippen LogP contribution in [0.25, 0.3) is 0 Å². The second-order valence-corrected chi connectivity index (χ2v) is 3.46. The quantitative estimate of drug-likeness (QED) is 0.600. The van der Waals surface area contributed by atoms with E-state index in [-0.39, 0.29) is 0 Å². The van der Waals surface area contributed by atoms with E-state index in [4.69, 9.17) is 0 Å². The molecule has 60 valence electrons. The lowest BCUT2D eigenvalue weighted by Gasteiger charge is -2.20. The van der Waals surface area contributed by atoms with Crippen molar-refractivity contribution >= 4 is 0 Å². The van der Waals surface area contributed by atoms with Gasteiger partial charge in [-0.15, -0.1) is 0 Å². The Hall–Kier alpha value is -0.300. The fourth-order valence-electron chi connectivity index (χ4n) is 1.25. The van der Waals surface area contributed by atoms with Crippen LogP contribution in [0.3, 0.4) is 0 Å². The molecule has 0 saturated carbocycles. The molecule has 1 nitrogen and oxygen atoms in total. The maximum atomic E-state index is 9.60. The minimum atomic E-state index is -0.608. The molecule has 0 aliphatic carbocycles. The van der Waals surface area contributed by atoms with E-state index in [1.165, 1.54) is 0 Å². The molecule has 0 fully saturated rings. The van der Waals surface area contributed by atoms with Gasteiger partial charge in [0.2, 0.25) is 0 Å². The van der Waals surface area contributed by atoms with Crippen LogP contribution in [-0.2, 0) is 0 Å². The Kier molecular flexibility index (Phi) is 3.66. The van der Waals surface area contributed by atoms with Crippen LogP contribution < -0.4 is 0 Å². The van der Waals surface area contributed by atoms with Crippen LogP contribution in [0.2, 0.25) is 0 Å². The summed E-state index contributed by atoms with van der Waals surface area (Å²) in [6.07, 6.45) is 4.56. The lowest BCUT2D eigenvalue weighted by Crippen LogP contribution is -2.22. The zero-order chi connectivity index (χ0) is 8.20. The summed E-state index contributed by atoms with van der Waals surface area (Å²) >= 11 is 0. The molecule has 10 heavy (non-hydrogen) atoms. The SMILES string of the molecule is C/C=C/C(C)(O)CC(C)C. The van der Waals surface area contributed by atoms with Gasteiger partial charge in [-0.05, 0) is 26.2 Å². The van der Waals surface area contributed by atoms with Crippen molar-refractivity contribution in [2.45, 2.75) is 39.7 Å². The van der Waals surface area contributed by atoms with Crippen molar-refractivity contribution in [1.82, 2.24) is 0 Å². The third kappa shape index (κ3) is 4.57. The molecule has 1 heteroatoms.